The number of hydrogen-bond acceptors (Lipinski definition) is 1. The zero-order valence-corrected chi connectivity index (χ0v) is 7.86. The molecule has 3 nitrogen and oxygen atoms in total. The zero-order chi connectivity index (χ0) is 8.97. The van der Waals surface area contributed by atoms with Crippen LogP contribution in [0.1, 0.15) is 5.69 Å². The van der Waals surface area contributed by atoms with Crippen LogP contribution < -0.4 is 0 Å². The normalized spacial score (nSPS) is 10.8. The Morgan fingerprint density at radius 2 is 2.50 bits per heavy atom. The Balaban J connectivity index is 2.83. The molecule has 0 fully saturated rings. The van der Waals surface area contributed by atoms with Crippen molar-refractivity contribution in [2.45, 2.75) is 6.54 Å². The average Bonchev–Trinajstić information content (AvgIpc) is 2.37. The molecule has 1 rings (SSSR count). The Morgan fingerprint density at radius 3 is 3.08 bits per heavy atom. The van der Waals surface area contributed by atoms with Gasteiger partial charge < -0.3 is 9.67 Å². The molecule has 4 heteroatoms. The summed E-state index contributed by atoms with van der Waals surface area (Å²) in [5.41, 5.74) is 0.870. The standard InChI is InChI=1S/C8H8BrNO2/c9-4-3-7-2-1-5-10(7)6-8(11)12/h1-5H,6H2,(H,11,12)/b4-3+. The number of aromatic nitrogens is 1. The topological polar surface area (TPSA) is 42.2 Å². The van der Waals surface area contributed by atoms with Crippen molar-refractivity contribution in [3.8, 4) is 0 Å². The van der Waals surface area contributed by atoms with Crippen molar-refractivity contribution in [3.05, 3.63) is 29.0 Å². The molecule has 0 bridgehead atoms. The van der Waals surface area contributed by atoms with Crippen LogP contribution in [0.4, 0.5) is 0 Å². The fourth-order valence-electron chi connectivity index (χ4n) is 0.933. The summed E-state index contributed by atoms with van der Waals surface area (Å²) in [6.07, 6.45) is 3.53. The molecule has 1 aromatic heterocycles. The summed E-state index contributed by atoms with van der Waals surface area (Å²) in [7, 11) is 0. The van der Waals surface area contributed by atoms with E-state index in [0.717, 1.165) is 5.69 Å². The van der Waals surface area contributed by atoms with Crippen LogP contribution in [-0.4, -0.2) is 15.6 Å². The molecule has 0 amide bonds. The van der Waals surface area contributed by atoms with Gasteiger partial charge in [-0.05, 0) is 23.2 Å². The Bertz CT molecular complexity index is 304. The molecular weight excluding hydrogens is 222 g/mol. The van der Waals surface area contributed by atoms with Crippen LogP contribution in [0.25, 0.3) is 6.08 Å². The Hall–Kier alpha value is -1.03. The van der Waals surface area contributed by atoms with E-state index in [1.807, 2.05) is 12.1 Å². The molecule has 0 saturated carbocycles. The number of hydrogen-bond donors (Lipinski definition) is 1. The molecule has 1 N–H and O–H groups in total. The quantitative estimate of drug-likeness (QED) is 0.861. The third-order valence-electron chi connectivity index (χ3n) is 1.40. The van der Waals surface area contributed by atoms with Gasteiger partial charge >= 0.3 is 5.97 Å². The smallest absolute Gasteiger partial charge is 0.323 e. The van der Waals surface area contributed by atoms with E-state index < -0.39 is 5.97 Å². The summed E-state index contributed by atoms with van der Waals surface area (Å²) in [5, 5.41) is 8.52. The summed E-state index contributed by atoms with van der Waals surface area (Å²) in [6.45, 7) is -0.000324. The average molecular weight is 230 g/mol. The van der Waals surface area contributed by atoms with Crippen molar-refractivity contribution in [2.75, 3.05) is 0 Å². The lowest BCUT2D eigenvalue weighted by Gasteiger charge is -2.00. The molecule has 1 aromatic rings. The SMILES string of the molecule is O=C(O)Cn1cccc1/C=C/Br. The van der Waals surface area contributed by atoms with Gasteiger partial charge in [-0.25, -0.2) is 0 Å². The lowest BCUT2D eigenvalue weighted by atomic mass is 10.4. The lowest BCUT2D eigenvalue weighted by Crippen LogP contribution is -2.08. The third-order valence-corrected chi connectivity index (χ3v) is 1.67. The number of nitrogens with zero attached hydrogens (tertiary/aromatic N) is 1. The molecule has 0 aliphatic carbocycles. The second-order valence-electron chi connectivity index (χ2n) is 2.25. The van der Waals surface area contributed by atoms with E-state index in [4.69, 9.17) is 5.11 Å². The van der Waals surface area contributed by atoms with Gasteiger partial charge in [0.25, 0.3) is 0 Å². The summed E-state index contributed by atoms with van der Waals surface area (Å²) in [4.78, 5) is 12.1. The van der Waals surface area contributed by atoms with Crippen LogP contribution in [0.5, 0.6) is 0 Å². The van der Waals surface area contributed by atoms with Crippen molar-refractivity contribution in [2.24, 2.45) is 0 Å². The Morgan fingerprint density at radius 1 is 1.75 bits per heavy atom. The van der Waals surface area contributed by atoms with Crippen LogP contribution in [0.15, 0.2) is 23.3 Å². The van der Waals surface area contributed by atoms with Crippen LogP contribution in [0, 0.1) is 0 Å². The van der Waals surface area contributed by atoms with E-state index in [-0.39, 0.29) is 6.54 Å². The van der Waals surface area contributed by atoms with E-state index >= 15 is 0 Å². The van der Waals surface area contributed by atoms with Crippen molar-refractivity contribution >= 4 is 28.0 Å². The predicted molar refractivity (Wildman–Crippen MR) is 50.0 cm³/mol. The lowest BCUT2D eigenvalue weighted by molar-refractivity contribution is -0.137. The maximum absolute atomic E-state index is 10.4. The van der Waals surface area contributed by atoms with Gasteiger partial charge in [-0.1, -0.05) is 15.9 Å². The second kappa shape index (κ2) is 4.11. The van der Waals surface area contributed by atoms with Gasteiger partial charge in [0.2, 0.25) is 0 Å². The second-order valence-corrected chi connectivity index (χ2v) is 2.78. The molecule has 0 aliphatic rings. The molecule has 12 heavy (non-hydrogen) atoms. The van der Waals surface area contributed by atoms with Gasteiger partial charge in [0.15, 0.2) is 0 Å². The van der Waals surface area contributed by atoms with E-state index in [1.165, 1.54) is 0 Å². The highest BCUT2D eigenvalue weighted by molar-refractivity contribution is 9.11. The molecule has 0 spiro atoms. The molecular formula is C8H8BrNO2. The number of halogens is 1. The molecule has 0 atom stereocenters. The van der Waals surface area contributed by atoms with Gasteiger partial charge in [0, 0.05) is 11.9 Å². The Labute approximate surface area is 78.4 Å². The summed E-state index contributed by atoms with van der Waals surface area (Å²) < 4.78 is 1.65. The van der Waals surface area contributed by atoms with Gasteiger partial charge in [0.05, 0.1) is 0 Å². The minimum absolute atomic E-state index is 0.000324. The van der Waals surface area contributed by atoms with E-state index in [1.54, 1.807) is 21.8 Å². The molecule has 0 unspecified atom stereocenters. The number of rotatable bonds is 3. The molecule has 1 heterocycles. The molecule has 0 aromatic carbocycles. The van der Waals surface area contributed by atoms with Crippen LogP contribution in [0.3, 0.4) is 0 Å². The Kier molecular flexibility index (Phi) is 3.10. The third kappa shape index (κ3) is 2.23. The van der Waals surface area contributed by atoms with Gasteiger partial charge in [-0.2, -0.15) is 0 Å². The summed E-state index contributed by atoms with van der Waals surface area (Å²) >= 11 is 3.13. The maximum atomic E-state index is 10.4. The van der Waals surface area contributed by atoms with Crippen molar-refractivity contribution in [1.82, 2.24) is 4.57 Å². The highest BCUT2D eigenvalue weighted by Gasteiger charge is 2.00. The van der Waals surface area contributed by atoms with E-state index in [9.17, 15) is 4.79 Å². The predicted octanol–water partition coefficient (Wildman–Crippen LogP) is 1.94. The van der Waals surface area contributed by atoms with Crippen LogP contribution in [0.2, 0.25) is 0 Å². The fourth-order valence-corrected chi connectivity index (χ4v) is 1.20. The summed E-state index contributed by atoms with van der Waals surface area (Å²) in [6, 6.07) is 3.66. The number of carbonyl (C=O) groups is 1. The first-order valence-corrected chi connectivity index (χ1v) is 4.29. The first kappa shape index (κ1) is 9.06. The summed E-state index contributed by atoms with van der Waals surface area (Å²) in [5.74, 6) is -0.838. The van der Waals surface area contributed by atoms with Crippen LogP contribution in [-0.2, 0) is 11.3 Å². The van der Waals surface area contributed by atoms with Crippen molar-refractivity contribution in [3.63, 3.8) is 0 Å². The minimum atomic E-state index is -0.838. The largest absolute Gasteiger partial charge is 0.480 e. The highest BCUT2D eigenvalue weighted by Crippen LogP contribution is 2.05. The van der Waals surface area contributed by atoms with E-state index in [0.29, 0.717) is 0 Å². The van der Waals surface area contributed by atoms with Crippen molar-refractivity contribution < 1.29 is 9.90 Å². The molecule has 0 aliphatic heterocycles. The van der Waals surface area contributed by atoms with Gasteiger partial charge in [0.1, 0.15) is 6.54 Å². The minimum Gasteiger partial charge on any atom is -0.480 e. The first-order chi connectivity index (χ1) is 5.74. The van der Waals surface area contributed by atoms with Gasteiger partial charge in [-0.3, -0.25) is 4.79 Å². The van der Waals surface area contributed by atoms with Crippen molar-refractivity contribution in [1.29, 1.82) is 0 Å². The van der Waals surface area contributed by atoms with Gasteiger partial charge in [-0.15, -0.1) is 0 Å². The highest BCUT2D eigenvalue weighted by atomic mass is 79.9. The first-order valence-electron chi connectivity index (χ1n) is 3.37. The fraction of sp³-hybridized carbons (Fsp3) is 0.125. The number of carboxylic acid groups (broad SMARTS) is 1. The van der Waals surface area contributed by atoms with E-state index in [2.05, 4.69) is 15.9 Å². The van der Waals surface area contributed by atoms with Crippen LogP contribution >= 0.6 is 15.9 Å². The monoisotopic (exact) mass is 229 g/mol. The number of aliphatic carboxylic acids is 1. The zero-order valence-electron chi connectivity index (χ0n) is 6.27. The molecule has 64 valence electrons. The maximum Gasteiger partial charge on any atom is 0.323 e. The number of carboxylic acids is 1. The molecule has 0 radical (unpaired) electrons. The molecule has 0 saturated heterocycles.